The molecule has 1 aliphatic carbocycles. The van der Waals surface area contributed by atoms with Crippen molar-refractivity contribution in [2.75, 3.05) is 58.0 Å². The molecule has 1 unspecified atom stereocenters. The molecule has 12 heteroatoms. The molecule has 1 spiro atoms. The number of aryl methyl sites for hydroxylation is 2. The third kappa shape index (κ3) is 5.38. The van der Waals surface area contributed by atoms with Gasteiger partial charge in [0.15, 0.2) is 5.69 Å². The van der Waals surface area contributed by atoms with E-state index in [0.717, 1.165) is 85.6 Å². The van der Waals surface area contributed by atoms with E-state index in [1.807, 2.05) is 22.9 Å². The molecule has 1 saturated heterocycles. The lowest BCUT2D eigenvalue weighted by Crippen LogP contribution is -2.41. The number of likely N-dealkylation sites (tertiary alicyclic amines) is 1. The summed E-state index contributed by atoms with van der Waals surface area (Å²) in [5, 5.41) is 14.8. The molecular formula is C33H41N9O3. The van der Waals surface area contributed by atoms with Gasteiger partial charge in [0, 0.05) is 62.9 Å². The SMILES string of the molecule is CN1CC[C@@H](COc2nc3c(c(N4CCCn5nc(C(=O)N(C)C)cc5C4)n2)COC2(CCCc4ccc(N)c(C#N)c42)C3)C1. The molecule has 1 amide bonds. The van der Waals surface area contributed by atoms with E-state index in [1.165, 1.54) is 0 Å². The third-order valence-electron chi connectivity index (χ3n) is 9.79. The van der Waals surface area contributed by atoms with Crippen molar-refractivity contribution in [1.82, 2.24) is 29.5 Å². The summed E-state index contributed by atoms with van der Waals surface area (Å²) >= 11 is 0. The summed E-state index contributed by atoms with van der Waals surface area (Å²) in [7, 11) is 5.62. The highest BCUT2D eigenvalue weighted by Crippen LogP contribution is 2.48. The van der Waals surface area contributed by atoms with Crippen molar-refractivity contribution < 1.29 is 14.3 Å². The van der Waals surface area contributed by atoms with Crippen LogP contribution >= 0.6 is 0 Å². The molecule has 1 fully saturated rings. The van der Waals surface area contributed by atoms with Crippen LogP contribution < -0.4 is 15.4 Å². The summed E-state index contributed by atoms with van der Waals surface area (Å²) in [6, 6.07) is 8.51. The van der Waals surface area contributed by atoms with Gasteiger partial charge < -0.3 is 29.9 Å². The van der Waals surface area contributed by atoms with Gasteiger partial charge in [-0.05, 0) is 63.4 Å². The topological polar surface area (TPSA) is 139 Å². The average Bonchev–Trinajstić information content (AvgIpc) is 3.58. The number of nitrogens with zero attached hydrogens (tertiary/aromatic N) is 8. The summed E-state index contributed by atoms with van der Waals surface area (Å²) in [4.78, 5) is 28.9. The van der Waals surface area contributed by atoms with Crippen molar-refractivity contribution in [3.8, 4) is 12.1 Å². The van der Waals surface area contributed by atoms with Crippen LogP contribution in [0.3, 0.4) is 0 Å². The van der Waals surface area contributed by atoms with Gasteiger partial charge in [-0.15, -0.1) is 0 Å². The van der Waals surface area contributed by atoms with Gasteiger partial charge in [0.05, 0.1) is 36.7 Å². The van der Waals surface area contributed by atoms with Gasteiger partial charge in [-0.1, -0.05) is 6.07 Å². The minimum absolute atomic E-state index is 0.112. The van der Waals surface area contributed by atoms with Gasteiger partial charge in [0.2, 0.25) is 0 Å². The highest BCUT2D eigenvalue weighted by Gasteiger charge is 2.45. The van der Waals surface area contributed by atoms with Crippen molar-refractivity contribution in [3.63, 3.8) is 0 Å². The molecule has 1 aromatic carbocycles. The maximum absolute atomic E-state index is 12.7. The molecule has 7 rings (SSSR count). The molecule has 2 atom stereocenters. The Kier molecular flexibility index (Phi) is 7.61. The maximum Gasteiger partial charge on any atom is 0.318 e. The van der Waals surface area contributed by atoms with Crippen LogP contribution in [0.4, 0.5) is 11.5 Å². The van der Waals surface area contributed by atoms with Crippen LogP contribution in [0.5, 0.6) is 6.01 Å². The number of aromatic nitrogens is 4. The Morgan fingerprint density at radius 3 is 2.89 bits per heavy atom. The second-order valence-electron chi connectivity index (χ2n) is 13.2. The number of nitrogen functional groups attached to an aromatic ring is 1. The fourth-order valence-electron chi connectivity index (χ4n) is 7.50. The fraction of sp³-hybridized carbons (Fsp3) is 0.545. The Morgan fingerprint density at radius 2 is 2.11 bits per heavy atom. The number of nitrogens with two attached hydrogens (primary N) is 1. The lowest BCUT2D eigenvalue weighted by Gasteiger charge is -2.43. The van der Waals surface area contributed by atoms with Crippen molar-refractivity contribution in [2.24, 2.45) is 5.92 Å². The molecule has 45 heavy (non-hydrogen) atoms. The first-order chi connectivity index (χ1) is 21.7. The van der Waals surface area contributed by atoms with Crippen LogP contribution in [0.1, 0.15) is 69.8 Å². The molecule has 4 aliphatic rings. The van der Waals surface area contributed by atoms with Gasteiger partial charge in [0.25, 0.3) is 5.91 Å². The Morgan fingerprint density at radius 1 is 1.24 bits per heavy atom. The first kappa shape index (κ1) is 29.5. The van der Waals surface area contributed by atoms with Crippen LogP contribution in [0.25, 0.3) is 0 Å². The number of hydrogen-bond acceptors (Lipinski definition) is 10. The zero-order valence-electron chi connectivity index (χ0n) is 26.4. The predicted octanol–water partition coefficient (Wildman–Crippen LogP) is 2.87. The van der Waals surface area contributed by atoms with Gasteiger partial charge in [0.1, 0.15) is 17.5 Å². The minimum Gasteiger partial charge on any atom is -0.463 e. The number of carbonyl (C=O) groups is 1. The molecule has 236 valence electrons. The quantitative estimate of drug-likeness (QED) is 0.429. The minimum atomic E-state index is -0.684. The summed E-state index contributed by atoms with van der Waals surface area (Å²) in [5.74, 6) is 1.12. The van der Waals surface area contributed by atoms with Crippen LogP contribution in [0, 0.1) is 17.2 Å². The first-order valence-corrected chi connectivity index (χ1v) is 15.9. The highest BCUT2D eigenvalue weighted by atomic mass is 16.5. The molecule has 12 nitrogen and oxygen atoms in total. The van der Waals surface area contributed by atoms with E-state index < -0.39 is 5.60 Å². The van der Waals surface area contributed by atoms with E-state index in [4.69, 9.17) is 25.2 Å². The van der Waals surface area contributed by atoms with Gasteiger partial charge in [-0.2, -0.15) is 20.3 Å². The number of nitriles is 1. The predicted molar refractivity (Wildman–Crippen MR) is 168 cm³/mol. The smallest absolute Gasteiger partial charge is 0.318 e. The Labute approximate surface area is 263 Å². The molecule has 3 aliphatic heterocycles. The average molecular weight is 612 g/mol. The zero-order chi connectivity index (χ0) is 31.3. The maximum atomic E-state index is 12.7. The Hall–Kier alpha value is -4.21. The molecule has 2 aromatic heterocycles. The van der Waals surface area contributed by atoms with E-state index in [9.17, 15) is 10.1 Å². The van der Waals surface area contributed by atoms with E-state index in [0.29, 0.717) is 61.6 Å². The number of rotatable bonds is 5. The molecule has 2 N–H and O–H groups in total. The lowest BCUT2D eigenvalue weighted by atomic mass is 9.72. The zero-order valence-corrected chi connectivity index (χ0v) is 26.4. The number of carbonyl (C=O) groups excluding carboxylic acids is 1. The molecule has 0 bridgehead atoms. The van der Waals surface area contributed by atoms with E-state index in [-0.39, 0.29) is 5.91 Å². The van der Waals surface area contributed by atoms with Crippen molar-refractivity contribution in [2.45, 2.75) is 63.8 Å². The first-order valence-electron chi connectivity index (χ1n) is 15.9. The third-order valence-corrected chi connectivity index (χ3v) is 9.79. The number of hydrogen-bond donors (Lipinski definition) is 1. The Bertz CT molecular complexity index is 1680. The highest BCUT2D eigenvalue weighted by molar-refractivity contribution is 5.92. The van der Waals surface area contributed by atoms with Gasteiger partial charge in [-0.25, -0.2) is 0 Å². The number of benzene rings is 1. The van der Waals surface area contributed by atoms with E-state index >= 15 is 0 Å². The lowest BCUT2D eigenvalue weighted by molar-refractivity contribution is -0.0856. The monoisotopic (exact) mass is 611 g/mol. The van der Waals surface area contributed by atoms with Crippen LogP contribution in [0.15, 0.2) is 18.2 Å². The normalized spacial score (nSPS) is 22.7. The van der Waals surface area contributed by atoms with Crippen molar-refractivity contribution in [3.05, 3.63) is 57.5 Å². The van der Waals surface area contributed by atoms with Crippen molar-refractivity contribution in [1.29, 1.82) is 5.26 Å². The molecular weight excluding hydrogens is 570 g/mol. The number of amides is 1. The largest absolute Gasteiger partial charge is 0.463 e. The molecule has 3 aromatic rings. The molecule has 0 saturated carbocycles. The number of ether oxygens (including phenoxy) is 2. The Balaban J connectivity index is 1.27. The summed E-state index contributed by atoms with van der Waals surface area (Å²) < 4.78 is 15.1. The van der Waals surface area contributed by atoms with Crippen molar-refractivity contribution >= 4 is 17.4 Å². The summed E-state index contributed by atoms with van der Waals surface area (Å²) in [6.07, 6.45) is 5.08. The van der Waals surface area contributed by atoms with Crippen LogP contribution in [0.2, 0.25) is 0 Å². The molecule has 0 radical (unpaired) electrons. The van der Waals surface area contributed by atoms with Crippen LogP contribution in [-0.2, 0) is 42.9 Å². The fourth-order valence-corrected chi connectivity index (χ4v) is 7.50. The molecule has 5 heterocycles. The van der Waals surface area contributed by atoms with Gasteiger partial charge >= 0.3 is 6.01 Å². The second kappa shape index (κ2) is 11.6. The van der Waals surface area contributed by atoms with Crippen LogP contribution in [-0.4, -0.2) is 82.8 Å². The van der Waals surface area contributed by atoms with E-state index in [2.05, 4.69) is 28.0 Å². The van der Waals surface area contributed by atoms with Gasteiger partial charge in [-0.3, -0.25) is 9.48 Å². The van der Waals surface area contributed by atoms with E-state index in [1.54, 1.807) is 19.0 Å². The standard InChI is InChI=1S/C33H41N9O3/c1-39(2)31(43)27-14-23-18-41(11-5-12-42(23)38-27)30-25-20-45-33(10-4-6-22-7-8-26(35)24(16-34)29(22)33)15-28(25)36-32(37-30)44-19-21-9-13-40(3)17-21/h7-8,14,21H,4-6,9-13,15,17-20,35H2,1-3H3/t21-,33?/m1/s1. The summed E-state index contributed by atoms with van der Waals surface area (Å²) in [5.41, 5.74) is 11.9. The second-order valence-corrected chi connectivity index (χ2v) is 13.2. The number of anilines is 2. The summed E-state index contributed by atoms with van der Waals surface area (Å²) in [6.45, 7) is 4.96. The number of fused-ring (bicyclic) bond motifs is 4.